The van der Waals surface area contributed by atoms with Crippen LogP contribution in [0.25, 0.3) is 0 Å². The first kappa shape index (κ1) is 16.9. The topological polar surface area (TPSA) is 31.7 Å². The molecule has 2 unspecified atom stereocenters. The second kappa shape index (κ2) is 7.38. The number of benzene rings is 1. The van der Waals surface area contributed by atoms with Crippen LogP contribution in [0.4, 0.5) is 4.39 Å². The Labute approximate surface area is 153 Å². The first-order valence-electron chi connectivity index (χ1n) is 9.10. The van der Waals surface area contributed by atoms with Crippen LogP contribution >= 0.6 is 0 Å². The lowest BCUT2D eigenvalue weighted by Crippen LogP contribution is -2.48. The fourth-order valence-electron chi connectivity index (χ4n) is 3.84. The van der Waals surface area contributed by atoms with Crippen molar-refractivity contribution in [3.8, 4) is 0 Å². The molecule has 0 N–H and O–H groups in total. The minimum absolute atomic E-state index is 0.0984. The third-order valence-electron chi connectivity index (χ3n) is 5.17. The van der Waals surface area contributed by atoms with Crippen molar-refractivity contribution in [3.05, 3.63) is 78.0 Å². The summed E-state index contributed by atoms with van der Waals surface area (Å²) in [4.78, 5) is 13.3. The van der Waals surface area contributed by atoms with Crippen LogP contribution in [0.3, 0.4) is 0 Å². The smallest absolute Gasteiger partial charge is 0.178 e. The van der Waals surface area contributed by atoms with Gasteiger partial charge >= 0.3 is 0 Å². The molecule has 5 heteroatoms. The van der Waals surface area contributed by atoms with Crippen LogP contribution in [0.15, 0.2) is 66.1 Å². The average molecular weight is 350 g/mol. The normalized spacial score (nSPS) is 23.3. The van der Waals surface area contributed by atoms with Crippen LogP contribution in [0.5, 0.6) is 0 Å². The summed E-state index contributed by atoms with van der Waals surface area (Å²) in [6, 6.07) is 12.7. The highest BCUT2D eigenvalue weighted by Gasteiger charge is 2.33. The SMILES string of the molecule is CN1C=CC(c2ccncc2F)=NC1N1CCCC1Cc1ccccc1. The minimum Gasteiger partial charge on any atom is -0.347 e. The molecule has 2 atom stereocenters. The Balaban J connectivity index is 1.59. The van der Waals surface area contributed by atoms with Crippen molar-refractivity contribution in [1.29, 1.82) is 0 Å². The van der Waals surface area contributed by atoms with Gasteiger partial charge in [0.25, 0.3) is 0 Å². The molecule has 0 radical (unpaired) electrons. The number of hydrogen-bond donors (Lipinski definition) is 0. The Morgan fingerprint density at radius 1 is 1.19 bits per heavy atom. The van der Waals surface area contributed by atoms with Crippen molar-refractivity contribution >= 4 is 5.71 Å². The second-order valence-corrected chi connectivity index (χ2v) is 6.92. The molecule has 1 fully saturated rings. The van der Waals surface area contributed by atoms with Crippen LogP contribution in [-0.2, 0) is 6.42 Å². The van der Waals surface area contributed by atoms with Gasteiger partial charge in [0.1, 0.15) is 0 Å². The minimum atomic E-state index is -0.332. The van der Waals surface area contributed by atoms with Crippen LogP contribution in [0, 0.1) is 5.82 Å². The zero-order chi connectivity index (χ0) is 17.9. The number of hydrogen-bond acceptors (Lipinski definition) is 4. The lowest BCUT2D eigenvalue weighted by molar-refractivity contribution is 0.0859. The molecule has 134 valence electrons. The molecule has 2 aliphatic heterocycles. The first-order valence-corrected chi connectivity index (χ1v) is 9.10. The summed E-state index contributed by atoms with van der Waals surface area (Å²) in [6.07, 6.45) is 9.96. The molecule has 1 aromatic carbocycles. The summed E-state index contributed by atoms with van der Waals surface area (Å²) in [5, 5.41) is 0. The van der Waals surface area contributed by atoms with E-state index in [0.717, 1.165) is 19.4 Å². The van der Waals surface area contributed by atoms with Gasteiger partial charge in [-0.25, -0.2) is 9.38 Å². The molecule has 0 aliphatic carbocycles. The summed E-state index contributed by atoms with van der Waals surface area (Å²) in [6.45, 7) is 1.01. The van der Waals surface area contributed by atoms with Gasteiger partial charge in [0.2, 0.25) is 0 Å². The van der Waals surface area contributed by atoms with Crippen molar-refractivity contribution in [2.24, 2.45) is 4.99 Å². The second-order valence-electron chi connectivity index (χ2n) is 6.92. The quantitative estimate of drug-likeness (QED) is 0.846. The third kappa shape index (κ3) is 3.40. The maximum atomic E-state index is 14.1. The summed E-state index contributed by atoms with van der Waals surface area (Å²) in [5.41, 5.74) is 2.54. The molecule has 3 heterocycles. The zero-order valence-corrected chi connectivity index (χ0v) is 14.9. The molecule has 2 aliphatic rings. The molecule has 2 aromatic rings. The van der Waals surface area contributed by atoms with Gasteiger partial charge in [-0.15, -0.1) is 0 Å². The van der Waals surface area contributed by atoms with Crippen molar-refractivity contribution in [2.75, 3.05) is 13.6 Å². The largest absolute Gasteiger partial charge is 0.347 e. The highest BCUT2D eigenvalue weighted by molar-refractivity contribution is 6.09. The fourth-order valence-corrected chi connectivity index (χ4v) is 3.84. The number of aromatic nitrogens is 1. The van der Waals surface area contributed by atoms with Crippen molar-refractivity contribution in [2.45, 2.75) is 31.6 Å². The maximum Gasteiger partial charge on any atom is 0.178 e. The van der Waals surface area contributed by atoms with Gasteiger partial charge in [0, 0.05) is 37.6 Å². The molecule has 26 heavy (non-hydrogen) atoms. The highest BCUT2D eigenvalue weighted by atomic mass is 19.1. The van der Waals surface area contributed by atoms with Gasteiger partial charge in [0.05, 0.1) is 11.9 Å². The monoisotopic (exact) mass is 350 g/mol. The van der Waals surface area contributed by atoms with Crippen LogP contribution in [-0.4, -0.2) is 46.4 Å². The number of rotatable bonds is 4. The summed E-state index contributed by atoms with van der Waals surface area (Å²) < 4.78 is 14.1. The molecular formula is C21H23FN4. The van der Waals surface area contributed by atoms with Gasteiger partial charge in [-0.05, 0) is 37.0 Å². The number of allylic oxidation sites excluding steroid dienone is 1. The predicted molar refractivity (Wildman–Crippen MR) is 101 cm³/mol. The molecule has 0 amide bonds. The molecule has 0 spiro atoms. The van der Waals surface area contributed by atoms with E-state index >= 15 is 0 Å². The predicted octanol–water partition coefficient (Wildman–Crippen LogP) is 3.46. The molecule has 0 saturated carbocycles. The number of likely N-dealkylation sites (tertiary alicyclic amines) is 1. The Morgan fingerprint density at radius 2 is 2.04 bits per heavy atom. The Morgan fingerprint density at radius 3 is 2.85 bits per heavy atom. The number of pyridine rings is 1. The van der Waals surface area contributed by atoms with Crippen molar-refractivity contribution < 1.29 is 4.39 Å². The Bertz CT molecular complexity index is 818. The van der Waals surface area contributed by atoms with E-state index in [0.29, 0.717) is 17.3 Å². The molecule has 0 bridgehead atoms. The molecule has 4 nitrogen and oxygen atoms in total. The van der Waals surface area contributed by atoms with E-state index in [2.05, 4.69) is 45.1 Å². The first-order chi connectivity index (χ1) is 12.7. The van der Waals surface area contributed by atoms with Gasteiger partial charge in [-0.2, -0.15) is 0 Å². The molecule has 1 aromatic heterocycles. The fraction of sp³-hybridized carbons (Fsp3) is 0.333. The van der Waals surface area contributed by atoms with Crippen LogP contribution in [0.1, 0.15) is 24.0 Å². The Hall–Kier alpha value is -2.53. The van der Waals surface area contributed by atoms with Crippen LogP contribution in [0.2, 0.25) is 0 Å². The third-order valence-corrected chi connectivity index (χ3v) is 5.17. The van der Waals surface area contributed by atoms with Gasteiger partial charge in [0.15, 0.2) is 12.1 Å². The number of aliphatic imine (C=N–C) groups is 1. The molecule has 1 saturated heterocycles. The summed E-state index contributed by atoms with van der Waals surface area (Å²) >= 11 is 0. The number of halogens is 1. The lowest BCUT2D eigenvalue weighted by Gasteiger charge is -2.37. The van der Waals surface area contributed by atoms with Crippen molar-refractivity contribution in [1.82, 2.24) is 14.8 Å². The van der Waals surface area contributed by atoms with E-state index in [1.165, 1.54) is 18.2 Å². The summed E-state index contributed by atoms with van der Waals surface area (Å²) in [7, 11) is 2.03. The molecular weight excluding hydrogens is 327 g/mol. The van der Waals surface area contributed by atoms with Gasteiger partial charge < -0.3 is 4.90 Å². The van der Waals surface area contributed by atoms with E-state index in [4.69, 9.17) is 4.99 Å². The standard InChI is InChI=1S/C21H23FN4/c1-25-13-10-20(18-9-11-23-15-19(18)22)24-21(25)26-12-5-8-17(26)14-16-6-3-2-4-7-16/h2-4,6-7,9-11,13,15,17,21H,5,8,12,14H2,1H3. The van der Waals surface area contributed by atoms with E-state index in [9.17, 15) is 4.39 Å². The average Bonchev–Trinajstić information content (AvgIpc) is 3.11. The van der Waals surface area contributed by atoms with Crippen LogP contribution < -0.4 is 0 Å². The number of nitrogens with zero attached hydrogens (tertiary/aromatic N) is 4. The Kier molecular flexibility index (Phi) is 4.80. The van der Waals surface area contributed by atoms with E-state index in [1.54, 1.807) is 12.3 Å². The van der Waals surface area contributed by atoms with E-state index < -0.39 is 0 Å². The maximum absolute atomic E-state index is 14.1. The van der Waals surface area contributed by atoms with E-state index in [-0.39, 0.29) is 12.1 Å². The van der Waals surface area contributed by atoms with Crippen molar-refractivity contribution in [3.63, 3.8) is 0 Å². The lowest BCUT2D eigenvalue weighted by atomic mass is 10.0. The van der Waals surface area contributed by atoms with E-state index in [1.807, 2.05) is 19.3 Å². The van der Waals surface area contributed by atoms with Gasteiger partial charge in [-0.1, -0.05) is 30.3 Å². The molecule has 4 rings (SSSR count). The van der Waals surface area contributed by atoms with Gasteiger partial charge in [-0.3, -0.25) is 9.88 Å². The zero-order valence-electron chi connectivity index (χ0n) is 14.9. The summed E-state index contributed by atoms with van der Waals surface area (Å²) in [5.74, 6) is -0.332. The highest BCUT2D eigenvalue weighted by Crippen LogP contribution is 2.27.